The molecule has 1 aromatic heterocycles. The molecule has 3 aromatic rings. The number of hydrogen-bond acceptors (Lipinski definition) is 2. The van der Waals surface area contributed by atoms with E-state index in [2.05, 4.69) is 11.2 Å². The van der Waals surface area contributed by atoms with E-state index in [-0.39, 0.29) is 0 Å². The molecule has 1 radical (unpaired) electrons. The molecule has 0 unspecified atom stereocenters. The molecular formula is C16H12NO. The molecule has 0 spiro atoms. The van der Waals surface area contributed by atoms with Gasteiger partial charge in [-0.25, -0.2) is 4.98 Å². The van der Waals surface area contributed by atoms with Crippen molar-refractivity contribution in [2.24, 2.45) is 0 Å². The van der Waals surface area contributed by atoms with E-state index in [1.807, 2.05) is 54.6 Å². The number of ether oxygens (including phenoxy) is 1. The molecule has 0 amide bonds. The van der Waals surface area contributed by atoms with Crippen LogP contribution in [0.2, 0.25) is 0 Å². The number of pyridine rings is 1. The van der Waals surface area contributed by atoms with E-state index >= 15 is 0 Å². The van der Waals surface area contributed by atoms with Crippen LogP contribution in [0.5, 0.6) is 5.75 Å². The number of fused-ring (bicyclic) bond motifs is 1. The van der Waals surface area contributed by atoms with Gasteiger partial charge in [0.2, 0.25) is 0 Å². The smallest absolute Gasteiger partial charge is 0.138 e. The minimum atomic E-state index is 0.826. The second-order valence-electron chi connectivity index (χ2n) is 4.02. The van der Waals surface area contributed by atoms with Gasteiger partial charge in [-0.1, -0.05) is 42.5 Å². The fraction of sp³-hybridized carbons (Fsp3) is 0.0625. The molecule has 0 bridgehead atoms. The van der Waals surface area contributed by atoms with E-state index in [0.717, 1.165) is 27.8 Å². The normalized spacial score (nSPS) is 10.5. The summed E-state index contributed by atoms with van der Waals surface area (Å²) in [6, 6.07) is 18.0. The minimum absolute atomic E-state index is 0.826. The van der Waals surface area contributed by atoms with Crippen LogP contribution in [-0.2, 0) is 0 Å². The van der Waals surface area contributed by atoms with Crippen LogP contribution in [0, 0.1) is 6.20 Å². The van der Waals surface area contributed by atoms with Gasteiger partial charge in [-0.2, -0.15) is 0 Å². The average Bonchev–Trinajstić information content (AvgIpc) is 2.47. The first-order chi connectivity index (χ1) is 8.90. The fourth-order valence-corrected chi connectivity index (χ4v) is 2.08. The van der Waals surface area contributed by atoms with E-state index in [9.17, 15) is 0 Å². The number of benzene rings is 2. The Kier molecular flexibility index (Phi) is 2.69. The van der Waals surface area contributed by atoms with Crippen LogP contribution in [0.3, 0.4) is 0 Å². The van der Waals surface area contributed by atoms with Crippen molar-refractivity contribution in [1.82, 2.24) is 4.98 Å². The Labute approximate surface area is 106 Å². The first-order valence-corrected chi connectivity index (χ1v) is 5.80. The van der Waals surface area contributed by atoms with Gasteiger partial charge >= 0.3 is 0 Å². The molecule has 87 valence electrons. The SMILES string of the molecule is COc1c(-c2ccccc2)[c]nc2ccccc12. The van der Waals surface area contributed by atoms with Crippen molar-refractivity contribution in [3.63, 3.8) is 0 Å². The zero-order chi connectivity index (χ0) is 12.4. The van der Waals surface area contributed by atoms with Crippen molar-refractivity contribution in [2.75, 3.05) is 7.11 Å². The minimum Gasteiger partial charge on any atom is -0.495 e. The molecule has 0 aliphatic carbocycles. The van der Waals surface area contributed by atoms with Gasteiger partial charge in [0.15, 0.2) is 0 Å². The number of nitrogens with zero attached hydrogens (tertiary/aromatic N) is 1. The van der Waals surface area contributed by atoms with Crippen molar-refractivity contribution in [3.05, 3.63) is 60.8 Å². The van der Waals surface area contributed by atoms with E-state index in [1.165, 1.54) is 0 Å². The summed E-state index contributed by atoms with van der Waals surface area (Å²) < 4.78 is 5.54. The third-order valence-corrected chi connectivity index (χ3v) is 2.93. The summed E-state index contributed by atoms with van der Waals surface area (Å²) in [6.07, 6.45) is 3.07. The third kappa shape index (κ3) is 1.72. The summed E-state index contributed by atoms with van der Waals surface area (Å²) in [5, 5.41) is 1.01. The second-order valence-corrected chi connectivity index (χ2v) is 4.02. The highest BCUT2D eigenvalue weighted by molar-refractivity contribution is 5.91. The van der Waals surface area contributed by atoms with Gasteiger partial charge in [0.25, 0.3) is 0 Å². The van der Waals surface area contributed by atoms with Crippen LogP contribution in [0.1, 0.15) is 0 Å². The molecule has 2 aromatic carbocycles. The van der Waals surface area contributed by atoms with Gasteiger partial charge in [0.05, 0.1) is 18.2 Å². The lowest BCUT2D eigenvalue weighted by molar-refractivity contribution is 0.421. The van der Waals surface area contributed by atoms with Crippen molar-refractivity contribution in [2.45, 2.75) is 0 Å². The maximum atomic E-state index is 5.54. The van der Waals surface area contributed by atoms with Crippen LogP contribution in [0.4, 0.5) is 0 Å². The lowest BCUT2D eigenvalue weighted by atomic mass is 10.0. The highest BCUT2D eigenvalue weighted by Crippen LogP contribution is 2.34. The highest BCUT2D eigenvalue weighted by Gasteiger charge is 2.10. The van der Waals surface area contributed by atoms with Gasteiger partial charge in [0.1, 0.15) is 11.9 Å². The predicted octanol–water partition coefficient (Wildman–Crippen LogP) is 3.71. The van der Waals surface area contributed by atoms with Crippen LogP contribution in [0.25, 0.3) is 22.0 Å². The molecule has 18 heavy (non-hydrogen) atoms. The van der Waals surface area contributed by atoms with Crippen LogP contribution >= 0.6 is 0 Å². The Morgan fingerprint density at radius 2 is 1.67 bits per heavy atom. The van der Waals surface area contributed by atoms with E-state index < -0.39 is 0 Å². The maximum Gasteiger partial charge on any atom is 0.138 e. The van der Waals surface area contributed by atoms with Gasteiger partial charge in [0, 0.05) is 5.39 Å². The van der Waals surface area contributed by atoms with Gasteiger partial charge in [-0.15, -0.1) is 0 Å². The largest absolute Gasteiger partial charge is 0.495 e. The van der Waals surface area contributed by atoms with Gasteiger partial charge in [-0.05, 0) is 17.7 Å². The van der Waals surface area contributed by atoms with Crippen molar-refractivity contribution >= 4 is 10.9 Å². The average molecular weight is 234 g/mol. The summed E-state index contributed by atoms with van der Waals surface area (Å²) in [6.45, 7) is 0. The molecule has 3 rings (SSSR count). The lowest BCUT2D eigenvalue weighted by Crippen LogP contribution is -1.92. The molecule has 0 saturated heterocycles. The predicted molar refractivity (Wildman–Crippen MR) is 72.6 cm³/mol. The number of methoxy groups -OCH3 is 1. The van der Waals surface area contributed by atoms with Crippen molar-refractivity contribution in [3.8, 4) is 16.9 Å². The number of rotatable bonds is 2. The number of para-hydroxylation sites is 1. The van der Waals surface area contributed by atoms with E-state index in [4.69, 9.17) is 4.74 Å². The van der Waals surface area contributed by atoms with Crippen LogP contribution < -0.4 is 4.74 Å². The first-order valence-electron chi connectivity index (χ1n) is 5.80. The quantitative estimate of drug-likeness (QED) is 0.674. The molecule has 2 heteroatoms. The van der Waals surface area contributed by atoms with Crippen molar-refractivity contribution in [1.29, 1.82) is 0 Å². The summed E-state index contributed by atoms with van der Waals surface area (Å²) >= 11 is 0. The molecule has 2 nitrogen and oxygen atoms in total. The highest BCUT2D eigenvalue weighted by atomic mass is 16.5. The van der Waals surface area contributed by atoms with Gasteiger partial charge < -0.3 is 4.74 Å². The van der Waals surface area contributed by atoms with Crippen molar-refractivity contribution < 1.29 is 4.74 Å². The Hall–Kier alpha value is -2.35. The topological polar surface area (TPSA) is 22.1 Å². The Morgan fingerprint density at radius 3 is 2.44 bits per heavy atom. The summed E-state index contributed by atoms with van der Waals surface area (Å²) in [4.78, 5) is 4.36. The number of hydrogen-bond donors (Lipinski definition) is 0. The molecule has 0 aliphatic rings. The third-order valence-electron chi connectivity index (χ3n) is 2.93. The summed E-state index contributed by atoms with van der Waals surface area (Å²) in [7, 11) is 1.68. The van der Waals surface area contributed by atoms with Gasteiger partial charge in [-0.3, -0.25) is 0 Å². The van der Waals surface area contributed by atoms with E-state index in [0.29, 0.717) is 0 Å². The Morgan fingerprint density at radius 1 is 0.944 bits per heavy atom. The molecule has 0 atom stereocenters. The molecule has 0 saturated carbocycles. The molecule has 1 heterocycles. The fourth-order valence-electron chi connectivity index (χ4n) is 2.08. The Bertz CT molecular complexity index is 677. The van der Waals surface area contributed by atoms with Crippen LogP contribution in [-0.4, -0.2) is 12.1 Å². The first kappa shape index (κ1) is 10.8. The molecule has 0 N–H and O–H groups in total. The zero-order valence-corrected chi connectivity index (χ0v) is 10.1. The second kappa shape index (κ2) is 4.49. The van der Waals surface area contributed by atoms with Crippen LogP contribution in [0.15, 0.2) is 54.6 Å². The maximum absolute atomic E-state index is 5.54. The summed E-state index contributed by atoms with van der Waals surface area (Å²) in [5.74, 6) is 0.826. The monoisotopic (exact) mass is 234 g/mol. The Balaban J connectivity index is 2.31. The van der Waals surface area contributed by atoms with E-state index in [1.54, 1.807) is 7.11 Å². The molecular weight excluding hydrogens is 222 g/mol. The lowest BCUT2D eigenvalue weighted by Gasteiger charge is -2.10. The summed E-state index contributed by atoms with van der Waals surface area (Å²) in [5.41, 5.74) is 2.86. The standard InChI is InChI=1S/C16H12NO/c1-18-16-13-9-5-6-10-15(13)17-11-14(16)12-7-3-2-4-8-12/h2-10H,1H3. The zero-order valence-electron chi connectivity index (χ0n) is 10.1. The number of aromatic nitrogens is 1. The molecule has 0 aliphatic heterocycles. The molecule has 0 fully saturated rings.